The van der Waals surface area contributed by atoms with Gasteiger partial charge in [0.05, 0.1) is 0 Å². The van der Waals surface area contributed by atoms with E-state index in [1.165, 1.54) is 12.1 Å². The Balaban J connectivity index is 1.86. The van der Waals surface area contributed by atoms with Crippen molar-refractivity contribution in [2.45, 2.75) is 44.9 Å². The molecule has 1 aromatic rings. The van der Waals surface area contributed by atoms with Crippen molar-refractivity contribution < 1.29 is 14.3 Å². The van der Waals surface area contributed by atoms with Gasteiger partial charge < -0.3 is 15.7 Å². The van der Waals surface area contributed by atoms with Crippen molar-refractivity contribution >= 4 is 6.03 Å². The van der Waals surface area contributed by atoms with Gasteiger partial charge in [-0.2, -0.15) is 0 Å². The lowest BCUT2D eigenvalue weighted by molar-refractivity contribution is 0.195. The van der Waals surface area contributed by atoms with Crippen LogP contribution in [-0.4, -0.2) is 30.8 Å². The molecule has 0 aliphatic heterocycles. The number of nitrogens with one attached hydrogen (secondary N) is 2. The smallest absolute Gasteiger partial charge is 0.314 e. The molecule has 0 saturated heterocycles. The predicted molar refractivity (Wildman–Crippen MR) is 88.8 cm³/mol. The molecule has 5 heteroatoms. The second-order valence-electron chi connectivity index (χ2n) is 7.31. The fraction of sp³-hybridized carbons (Fsp3) is 0.611. The van der Waals surface area contributed by atoms with Gasteiger partial charge in [-0.3, -0.25) is 0 Å². The number of halogens is 1. The topological polar surface area (TPSA) is 61.4 Å². The molecule has 0 atom stereocenters. The number of carbonyl (C=O) groups excluding carboxylic acids is 1. The highest BCUT2D eigenvalue weighted by atomic mass is 19.1. The van der Waals surface area contributed by atoms with Gasteiger partial charge in [0.2, 0.25) is 0 Å². The molecule has 1 aliphatic rings. The summed E-state index contributed by atoms with van der Waals surface area (Å²) in [6.07, 6.45) is 3.79. The first kappa shape index (κ1) is 17.7. The number of hydrogen-bond donors (Lipinski definition) is 3. The Bertz CT molecular complexity index is 524. The molecule has 128 valence electrons. The van der Waals surface area contributed by atoms with Crippen LogP contribution in [0.25, 0.3) is 0 Å². The van der Waals surface area contributed by atoms with Crippen LogP contribution in [0.4, 0.5) is 9.18 Å². The zero-order chi connectivity index (χ0) is 16.9. The van der Waals surface area contributed by atoms with Crippen molar-refractivity contribution in [3.8, 4) is 0 Å². The minimum atomic E-state index is -0.236. The predicted octanol–water partition coefficient (Wildman–Crippen LogP) is 2.96. The molecule has 4 nitrogen and oxygen atoms in total. The Hall–Kier alpha value is -1.62. The summed E-state index contributed by atoms with van der Waals surface area (Å²) in [7, 11) is 0. The number of aliphatic hydroxyl groups is 1. The van der Waals surface area contributed by atoms with Crippen LogP contribution in [0.3, 0.4) is 0 Å². The van der Waals surface area contributed by atoms with Gasteiger partial charge in [-0.25, -0.2) is 9.18 Å². The summed E-state index contributed by atoms with van der Waals surface area (Å²) in [5, 5.41) is 14.8. The van der Waals surface area contributed by atoms with Crippen molar-refractivity contribution in [2.75, 3.05) is 19.7 Å². The second kappa shape index (κ2) is 7.30. The third-order valence-electron chi connectivity index (χ3n) is 4.87. The summed E-state index contributed by atoms with van der Waals surface area (Å²) in [5.74, 6) is -0.236. The van der Waals surface area contributed by atoms with E-state index < -0.39 is 0 Å². The monoisotopic (exact) mass is 322 g/mol. The number of aliphatic hydroxyl groups excluding tert-OH is 1. The standard InChI is InChI=1S/C18H27FN2O2/c1-17(2,10-11-22)12-20-16(23)21-13-18(8-3-9-18)14-4-6-15(19)7-5-14/h4-7,22H,3,8-13H2,1-2H3,(H2,20,21,23). The number of amides is 2. The van der Waals surface area contributed by atoms with Gasteiger partial charge in [-0.15, -0.1) is 0 Å². The van der Waals surface area contributed by atoms with E-state index in [1.807, 2.05) is 26.0 Å². The van der Waals surface area contributed by atoms with E-state index in [9.17, 15) is 9.18 Å². The van der Waals surface area contributed by atoms with Crippen molar-refractivity contribution in [3.05, 3.63) is 35.6 Å². The van der Waals surface area contributed by atoms with Crippen LogP contribution < -0.4 is 10.6 Å². The molecule has 2 amide bonds. The SMILES string of the molecule is CC(C)(CCO)CNC(=O)NCC1(c2ccc(F)cc2)CCC1. The number of urea groups is 1. The van der Waals surface area contributed by atoms with E-state index in [-0.39, 0.29) is 29.3 Å². The van der Waals surface area contributed by atoms with Crippen LogP contribution in [0.15, 0.2) is 24.3 Å². The Kier molecular flexibility index (Phi) is 5.63. The number of hydrogen-bond acceptors (Lipinski definition) is 2. The average molecular weight is 322 g/mol. The maximum atomic E-state index is 13.1. The van der Waals surface area contributed by atoms with Gasteiger partial charge in [0.25, 0.3) is 0 Å². The maximum absolute atomic E-state index is 13.1. The highest BCUT2D eigenvalue weighted by Gasteiger charge is 2.38. The van der Waals surface area contributed by atoms with Gasteiger partial charge in [0.1, 0.15) is 5.82 Å². The van der Waals surface area contributed by atoms with E-state index in [2.05, 4.69) is 10.6 Å². The van der Waals surface area contributed by atoms with Crippen LogP contribution in [0.1, 0.15) is 45.1 Å². The van der Waals surface area contributed by atoms with Crippen molar-refractivity contribution in [2.24, 2.45) is 5.41 Å². The fourth-order valence-corrected chi connectivity index (χ4v) is 3.00. The third-order valence-corrected chi connectivity index (χ3v) is 4.87. The molecule has 0 spiro atoms. The Morgan fingerprint density at radius 2 is 1.91 bits per heavy atom. The summed E-state index contributed by atoms with van der Waals surface area (Å²) >= 11 is 0. The normalized spacial score (nSPS) is 16.5. The first-order valence-corrected chi connectivity index (χ1v) is 8.26. The zero-order valence-corrected chi connectivity index (χ0v) is 14.0. The molecule has 0 bridgehead atoms. The van der Waals surface area contributed by atoms with Crippen LogP contribution in [0.2, 0.25) is 0 Å². The Morgan fingerprint density at radius 1 is 1.26 bits per heavy atom. The molecule has 0 radical (unpaired) electrons. The minimum absolute atomic E-state index is 0.0638. The maximum Gasteiger partial charge on any atom is 0.314 e. The molecule has 3 N–H and O–H groups in total. The second-order valence-corrected chi connectivity index (χ2v) is 7.31. The molecule has 23 heavy (non-hydrogen) atoms. The third kappa shape index (κ3) is 4.67. The molecule has 1 aliphatic carbocycles. The van der Waals surface area contributed by atoms with Crippen molar-refractivity contribution in [3.63, 3.8) is 0 Å². The highest BCUT2D eigenvalue weighted by Crippen LogP contribution is 2.43. The molecular weight excluding hydrogens is 295 g/mol. The van der Waals surface area contributed by atoms with Gasteiger partial charge in [-0.05, 0) is 42.4 Å². The van der Waals surface area contributed by atoms with Crippen LogP contribution >= 0.6 is 0 Å². The first-order chi connectivity index (χ1) is 10.9. The van der Waals surface area contributed by atoms with Crippen LogP contribution in [0.5, 0.6) is 0 Å². The quantitative estimate of drug-likeness (QED) is 0.723. The molecule has 1 saturated carbocycles. The van der Waals surface area contributed by atoms with Gasteiger partial charge in [0.15, 0.2) is 0 Å². The van der Waals surface area contributed by atoms with E-state index in [1.54, 1.807) is 0 Å². The Labute approximate surface area is 137 Å². The molecule has 0 aromatic heterocycles. The number of rotatable bonds is 7. The lowest BCUT2D eigenvalue weighted by atomic mass is 9.64. The van der Waals surface area contributed by atoms with E-state index >= 15 is 0 Å². The average Bonchev–Trinajstić information content (AvgIpc) is 2.46. The molecule has 1 aromatic carbocycles. The lowest BCUT2D eigenvalue weighted by Crippen LogP contribution is -2.49. The molecule has 0 unspecified atom stereocenters. The summed E-state index contributed by atoms with van der Waals surface area (Å²) in [5.41, 5.74) is 0.897. The number of carbonyl (C=O) groups is 1. The molecule has 2 rings (SSSR count). The van der Waals surface area contributed by atoms with Crippen LogP contribution in [-0.2, 0) is 5.41 Å². The fourth-order valence-electron chi connectivity index (χ4n) is 3.00. The number of benzene rings is 1. The summed E-state index contributed by atoms with van der Waals surface area (Å²) < 4.78 is 13.1. The zero-order valence-electron chi connectivity index (χ0n) is 14.0. The highest BCUT2D eigenvalue weighted by molar-refractivity contribution is 5.74. The Morgan fingerprint density at radius 3 is 2.43 bits per heavy atom. The van der Waals surface area contributed by atoms with Crippen LogP contribution in [0, 0.1) is 11.2 Å². The largest absolute Gasteiger partial charge is 0.396 e. The van der Waals surface area contributed by atoms with Gasteiger partial charge in [0, 0.05) is 25.1 Å². The molecular formula is C18H27FN2O2. The van der Waals surface area contributed by atoms with E-state index in [0.29, 0.717) is 19.5 Å². The van der Waals surface area contributed by atoms with E-state index in [0.717, 1.165) is 24.8 Å². The first-order valence-electron chi connectivity index (χ1n) is 8.26. The summed E-state index contributed by atoms with van der Waals surface area (Å²) in [6, 6.07) is 6.40. The molecule has 0 heterocycles. The van der Waals surface area contributed by atoms with Gasteiger partial charge in [-0.1, -0.05) is 32.4 Å². The molecule has 1 fully saturated rings. The van der Waals surface area contributed by atoms with Crippen molar-refractivity contribution in [1.82, 2.24) is 10.6 Å². The minimum Gasteiger partial charge on any atom is -0.396 e. The van der Waals surface area contributed by atoms with Crippen molar-refractivity contribution in [1.29, 1.82) is 0 Å². The van der Waals surface area contributed by atoms with E-state index in [4.69, 9.17) is 5.11 Å². The van der Waals surface area contributed by atoms with Gasteiger partial charge >= 0.3 is 6.03 Å². The summed E-state index contributed by atoms with van der Waals surface area (Å²) in [6.45, 7) is 5.21. The lowest BCUT2D eigenvalue weighted by Gasteiger charge is -2.42. The summed E-state index contributed by atoms with van der Waals surface area (Å²) in [4.78, 5) is 12.0.